The minimum absolute atomic E-state index is 0. The highest BCUT2D eigenvalue weighted by Gasteiger charge is 2.32. The van der Waals surface area contributed by atoms with Gasteiger partial charge in [-0.05, 0) is 19.4 Å². The smallest absolute Gasteiger partial charge is 0.405 e. The van der Waals surface area contributed by atoms with Crippen molar-refractivity contribution in [3.8, 4) is 5.75 Å². The molecular weight excluding hydrogens is 528 g/mol. The number of nitrogens with zero attached hydrogens (tertiary/aromatic N) is 4. The summed E-state index contributed by atoms with van der Waals surface area (Å²) in [5.41, 5.74) is 0.346. The highest BCUT2D eigenvalue weighted by atomic mass is 127. The average molecular weight is 554 g/mol. The Labute approximate surface area is 195 Å². The molecule has 3 rings (SSSR count). The van der Waals surface area contributed by atoms with E-state index in [4.69, 9.17) is 4.74 Å². The molecule has 0 amide bonds. The van der Waals surface area contributed by atoms with E-state index in [0.29, 0.717) is 37.0 Å². The van der Waals surface area contributed by atoms with E-state index >= 15 is 0 Å². The molecule has 31 heavy (non-hydrogen) atoms. The molecule has 1 aliphatic rings. The van der Waals surface area contributed by atoms with E-state index in [2.05, 4.69) is 30.4 Å². The van der Waals surface area contributed by atoms with Gasteiger partial charge in [0, 0.05) is 31.7 Å². The molecule has 1 aliphatic heterocycles. The number of hydrogen-bond donors (Lipinski definition) is 2. The van der Waals surface area contributed by atoms with Crippen LogP contribution in [0.4, 0.5) is 13.2 Å². The minimum atomic E-state index is -4.75. The number of para-hydroxylation sites is 1. The number of hydrogen-bond acceptors (Lipinski definition) is 5. The molecule has 0 spiro atoms. The van der Waals surface area contributed by atoms with Gasteiger partial charge in [-0.3, -0.25) is 0 Å². The third-order valence-corrected chi connectivity index (χ3v) is 4.47. The van der Waals surface area contributed by atoms with Crippen LogP contribution in [-0.2, 0) is 30.9 Å². The van der Waals surface area contributed by atoms with Crippen molar-refractivity contribution >= 4 is 29.9 Å². The van der Waals surface area contributed by atoms with Crippen molar-refractivity contribution in [3.05, 3.63) is 41.5 Å². The first kappa shape index (κ1) is 25.2. The highest BCUT2D eigenvalue weighted by Crippen LogP contribution is 2.26. The fraction of sp³-hybridized carbons (Fsp3) is 0.526. The summed E-state index contributed by atoms with van der Waals surface area (Å²) in [4.78, 5) is 8.89. The number of nitrogens with one attached hydrogen (secondary N) is 2. The largest absolute Gasteiger partial charge is 0.573 e. The summed E-state index contributed by atoms with van der Waals surface area (Å²) < 4.78 is 48.9. The van der Waals surface area contributed by atoms with Crippen LogP contribution in [0.25, 0.3) is 0 Å². The van der Waals surface area contributed by atoms with Crippen LogP contribution in [0.5, 0.6) is 5.75 Å². The van der Waals surface area contributed by atoms with E-state index in [1.54, 1.807) is 19.2 Å². The first-order valence-electron chi connectivity index (χ1n) is 9.68. The molecule has 1 atom stereocenters. The van der Waals surface area contributed by atoms with Crippen LogP contribution in [0.1, 0.15) is 30.6 Å². The van der Waals surface area contributed by atoms with Crippen molar-refractivity contribution in [2.45, 2.75) is 51.9 Å². The van der Waals surface area contributed by atoms with Crippen LogP contribution in [-0.4, -0.2) is 46.8 Å². The molecule has 0 saturated heterocycles. The third-order valence-electron chi connectivity index (χ3n) is 4.47. The number of rotatable bonds is 7. The molecule has 172 valence electrons. The Morgan fingerprint density at radius 1 is 1.32 bits per heavy atom. The second-order valence-electron chi connectivity index (χ2n) is 6.79. The van der Waals surface area contributed by atoms with Gasteiger partial charge in [-0.1, -0.05) is 18.2 Å². The quantitative estimate of drug-likeness (QED) is 0.311. The molecule has 2 N–H and O–H groups in total. The first-order valence-corrected chi connectivity index (χ1v) is 9.68. The third kappa shape index (κ3) is 7.52. The van der Waals surface area contributed by atoms with Crippen molar-refractivity contribution in [1.82, 2.24) is 25.4 Å². The van der Waals surface area contributed by atoms with E-state index in [9.17, 15) is 13.2 Å². The lowest BCUT2D eigenvalue weighted by Gasteiger charge is -2.25. The number of methoxy groups -OCH3 is 1. The highest BCUT2D eigenvalue weighted by molar-refractivity contribution is 14.0. The molecule has 0 fully saturated rings. The number of alkyl halides is 3. The number of ether oxygens (including phenoxy) is 2. The molecule has 0 bridgehead atoms. The molecule has 2 aromatic rings. The standard InChI is InChI=1S/C19H25F3N6O2.HI/c1-3-23-18(24-10-13-6-4-5-7-15(13)30-19(20,21)22)25-14-8-9-17-26-16(12-29-2)27-28(17)11-14;/h4-7,14H,3,8-12H2,1-2H3,(H2,23,24,25);1H. The molecule has 2 heterocycles. The lowest BCUT2D eigenvalue weighted by Crippen LogP contribution is -2.47. The maximum atomic E-state index is 12.6. The van der Waals surface area contributed by atoms with E-state index in [1.165, 1.54) is 12.1 Å². The number of aryl methyl sites for hydroxylation is 1. The Balaban J connectivity index is 0.00000341. The minimum Gasteiger partial charge on any atom is -0.405 e. The maximum Gasteiger partial charge on any atom is 0.573 e. The van der Waals surface area contributed by atoms with Gasteiger partial charge in [0.2, 0.25) is 0 Å². The monoisotopic (exact) mass is 554 g/mol. The van der Waals surface area contributed by atoms with Gasteiger partial charge in [0.05, 0.1) is 13.1 Å². The molecule has 0 radical (unpaired) electrons. The molecule has 1 aromatic carbocycles. The summed E-state index contributed by atoms with van der Waals surface area (Å²) in [6, 6.07) is 6.05. The Bertz CT molecular complexity index is 875. The summed E-state index contributed by atoms with van der Waals surface area (Å²) in [7, 11) is 1.60. The fourth-order valence-electron chi connectivity index (χ4n) is 3.20. The number of aromatic nitrogens is 3. The number of guanidine groups is 1. The predicted molar refractivity (Wildman–Crippen MR) is 119 cm³/mol. The fourth-order valence-corrected chi connectivity index (χ4v) is 3.20. The summed E-state index contributed by atoms with van der Waals surface area (Å²) in [5.74, 6) is 1.83. The molecule has 0 aliphatic carbocycles. The predicted octanol–water partition coefficient (Wildman–Crippen LogP) is 3.01. The summed E-state index contributed by atoms with van der Waals surface area (Å²) in [6.07, 6.45) is -3.15. The topological polar surface area (TPSA) is 85.6 Å². The maximum absolute atomic E-state index is 12.6. The molecular formula is C19H26F3IN6O2. The summed E-state index contributed by atoms with van der Waals surface area (Å²) in [5, 5.41) is 10.9. The number of benzene rings is 1. The summed E-state index contributed by atoms with van der Waals surface area (Å²) in [6.45, 7) is 3.56. The second kappa shape index (κ2) is 11.5. The van der Waals surface area contributed by atoms with Gasteiger partial charge in [0.15, 0.2) is 11.8 Å². The van der Waals surface area contributed by atoms with E-state index in [1.807, 2.05) is 11.6 Å². The van der Waals surface area contributed by atoms with Crippen LogP contribution in [0.3, 0.4) is 0 Å². The second-order valence-corrected chi connectivity index (χ2v) is 6.79. The van der Waals surface area contributed by atoms with Crippen molar-refractivity contribution in [2.24, 2.45) is 4.99 Å². The van der Waals surface area contributed by atoms with Gasteiger partial charge in [-0.2, -0.15) is 5.10 Å². The van der Waals surface area contributed by atoms with Gasteiger partial charge in [0.25, 0.3) is 0 Å². The Morgan fingerprint density at radius 2 is 2.10 bits per heavy atom. The average Bonchev–Trinajstić information content (AvgIpc) is 3.08. The normalized spacial score (nSPS) is 16.3. The molecule has 8 nitrogen and oxygen atoms in total. The Hall–Kier alpha value is -2.09. The number of halogens is 4. The van der Waals surface area contributed by atoms with Crippen molar-refractivity contribution < 1.29 is 22.6 Å². The van der Waals surface area contributed by atoms with E-state index in [-0.39, 0.29) is 42.3 Å². The van der Waals surface area contributed by atoms with Crippen molar-refractivity contribution in [1.29, 1.82) is 0 Å². The lowest BCUT2D eigenvalue weighted by molar-refractivity contribution is -0.274. The van der Waals surface area contributed by atoms with Gasteiger partial charge >= 0.3 is 6.36 Å². The Morgan fingerprint density at radius 3 is 2.81 bits per heavy atom. The van der Waals surface area contributed by atoms with Crippen LogP contribution in [0, 0.1) is 0 Å². The number of aliphatic imine (C=N–C) groups is 1. The zero-order chi connectivity index (χ0) is 21.6. The van der Waals surface area contributed by atoms with E-state index in [0.717, 1.165) is 18.7 Å². The van der Waals surface area contributed by atoms with Crippen molar-refractivity contribution in [3.63, 3.8) is 0 Å². The number of fused-ring (bicyclic) bond motifs is 1. The lowest BCUT2D eigenvalue weighted by atomic mass is 10.1. The zero-order valence-corrected chi connectivity index (χ0v) is 19.6. The van der Waals surface area contributed by atoms with Crippen LogP contribution >= 0.6 is 24.0 Å². The molecule has 12 heteroatoms. The van der Waals surface area contributed by atoms with Gasteiger partial charge in [0.1, 0.15) is 18.2 Å². The molecule has 0 saturated carbocycles. The summed E-state index contributed by atoms with van der Waals surface area (Å²) >= 11 is 0. The van der Waals surface area contributed by atoms with E-state index < -0.39 is 6.36 Å². The molecule has 1 unspecified atom stereocenters. The van der Waals surface area contributed by atoms with Crippen LogP contribution in [0.2, 0.25) is 0 Å². The van der Waals surface area contributed by atoms with Crippen LogP contribution in [0.15, 0.2) is 29.3 Å². The first-order chi connectivity index (χ1) is 14.4. The van der Waals surface area contributed by atoms with Gasteiger partial charge < -0.3 is 20.1 Å². The zero-order valence-electron chi connectivity index (χ0n) is 17.3. The Kier molecular flexibility index (Phi) is 9.34. The van der Waals surface area contributed by atoms with Gasteiger partial charge in [-0.25, -0.2) is 14.7 Å². The van der Waals surface area contributed by atoms with Gasteiger partial charge in [-0.15, -0.1) is 37.1 Å². The SMILES string of the molecule is CCNC(=NCc1ccccc1OC(F)(F)F)NC1CCc2nc(COC)nn2C1.I. The van der Waals surface area contributed by atoms with Crippen LogP contribution < -0.4 is 15.4 Å². The molecule has 1 aromatic heterocycles. The van der Waals surface area contributed by atoms with Crippen molar-refractivity contribution in [2.75, 3.05) is 13.7 Å².